The minimum atomic E-state index is 0.0167. The van der Waals surface area contributed by atoms with E-state index in [1.807, 2.05) is 42.5 Å². The first-order chi connectivity index (χ1) is 11.1. The maximum atomic E-state index is 12.5. The second-order valence-electron chi connectivity index (χ2n) is 6.53. The van der Waals surface area contributed by atoms with Crippen molar-refractivity contribution >= 4 is 5.91 Å². The van der Waals surface area contributed by atoms with Gasteiger partial charge in [0.15, 0.2) is 0 Å². The monoisotopic (exact) mass is 308 g/mol. The van der Waals surface area contributed by atoms with Gasteiger partial charge in [0.05, 0.1) is 0 Å². The van der Waals surface area contributed by atoms with Crippen LogP contribution in [0.15, 0.2) is 54.6 Å². The molecule has 1 fully saturated rings. The quantitative estimate of drug-likeness (QED) is 0.886. The molecule has 1 saturated carbocycles. The lowest BCUT2D eigenvalue weighted by Crippen LogP contribution is -2.58. The SMILES string of the molecule is CC(C)NC1CCC1NC(=O)c1cccc(-c2ccccc2)c1. The van der Waals surface area contributed by atoms with Crippen LogP contribution >= 0.6 is 0 Å². The number of rotatable bonds is 5. The molecule has 0 heterocycles. The van der Waals surface area contributed by atoms with E-state index < -0.39 is 0 Å². The molecule has 0 radical (unpaired) electrons. The van der Waals surface area contributed by atoms with Gasteiger partial charge in [-0.3, -0.25) is 4.79 Å². The Morgan fingerprint density at radius 1 is 0.957 bits per heavy atom. The van der Waals surface area contributed by atoms with Gasteiger partial charge in [-0.05, 0) is 36.1 Å². The summed E-state index contributed by atoms with van der Waals surface area (Å²) in [5, 5.41) is 6.67. The van der Waals surface area contributed by atoms with Crippen molar-refractivity contribution in [1.29, 1.82) is 0 Å². The van der Waals surface area contributed by atoms with E-state index in [0.717, 1.165) is 29.5 Å². The lowest BCUT2D eigenvalue weighted by molar-refractivity contribution is 0.0891. The Balaban J connectivity index is 1.69. The zero-order valence-corrected chi connectivity index (χ0v) is 13.8. The Hall–Kier alpha value is -2.13. The molecule has 3 nitrogen and oxygen atoms in total. The zero-order chi connectivity index (χ0) is 16.2. The third-order valence-electron chi connectivity index (χ3n) is 4.37. The van der Waals surface area contributed by atoms with E-state index in [1.54, 1.807) is 0 Å². The fraction of sp³-hybridized carbons (Fsp3) is 0.350. The van der Waals surface area contributed by atoms with E-state index >= 15 is 0 Å². The van der Waals surface area contributed by atoms with Crippen LogP contribution < -0.4 is 10.6 Å². The van der Waals surface area contributed by atoms with Crippen molar-refractivity contribution in [2.24, 2.45) is 0 Å². The Morgan fingerprint density at radius 3 is 2.30 bits per heavy atom. The van der Waals surface area contributed by atoms with E-state index in [1.165, 1.54) is 0 Å². The zero-order valence-electron chi connectivity index (χ0n) is 13.8. The number of carbonyl (C=O) groups is 1. The summed E-state index contributed by atoms with van der Waals surface area (Å²) in [6, 6.07) is 19.1. The Kier molecular flexibility index (Phi) is 4.77. The van der Waals surface area contributed by atoms with Gasteiger partial charge in [-0.15, -0.1) is 0 Å². The highest BCUT2D eigenvalue weighted by Gasteiger charge is 2.32. The van der Waals surface area contributed by atoms with Gasteiger partial charge in [0, 0.05) is 23.7 Å². The molecule has 0 aromatic heterocycles. The van der Waals surface area contributed by atoms with Crippen LogP contribution in [-0.4, -0.2) is 24.0 Å². The van der Waals surface area contributed by atoms with Gasteiger partial charge in [-0.25, -0.2) is 0 Å². The molecule has 3 heteroatoms. The topological polar surface area (TPSA) is 41.1 Å². The standard InChI is InChI=1S/C20H24N2O/c1-14(2)21-18-11-12-19(18)22-20(23)17-10-6-9-16(13-17)15-7-4-3-5-8-15/h3-10,13-14,18-19,21H,11-12H2,1-2H3,(H,22,23). The fourth-order valence-corrected chi connectivity index (χ4v) is 3.02. The van der Waals surface area contributed by atoms with E-state index in [4.69, 9.17) is 0 Å². The summed E-state index contributed by atoms with van der Waals surface area (Å²) < 4.78 is 0. The molecule has 2 aromatic carbocycles. The van der Waals surface area contributed by atoms with E-state index in [-0.39, 0.29) is 11.9 Å². The van der Waals surface area contributed by atoms with Gasteiger partial charge in [0.25, 0.3) is 5.91 Å². The van der Waals surface area contributed by atoms with Crippen molar-refractivity contribution < 1.29 is 4.79 Å². The predicted octanol–water partition coefficient (Wildman–Crippen LogP) is 3.61. The molecule has 1 aliphatic carbocycles. The normalized spacial score (nSPS) is 20.1. The highest BCUT2D eigenvalue weighted by molar-refractivity contribution is 5.95. The lowest BCUT2D eigenvalue weighted by atomic mass is 9.85. The van der Waals surface area contributed by atoms with Crippen LogP contribution in [0.25, 0.3) is 11.1 Å². The third kappa shape index (κ3) is 3.80. The van der Waals surface area contributed by atoms with Crippen molar-refractivity contribution in [3.63, 3.8) is 0 Å². The molecule has 0 spiro atoms. The van der Waals surface area contributed by atoms with Crippen molar-refractivity contribution in [2.75, 3.05) is 0 Å². The number of benzene rings is 2. The maximum absolute atomic E-state index is 12.5. The molecule has 1 aliphatic rings. The summed E-state index contributed by atoms with van der Waals surface area (Å²) in [7, 11) is 0. The van der Waals surface area contributed by atoms with Crippen LogP contribution in [0.1, 0.15) is 37.0 Å². The molecule has 1 amide bonds. The highest BCUT2D eigenvalue weighted by Crippen LogP contribution is 2.23. The molecule has 3 rings (SSSR count). The molecule has 0 aliphatic heterocycles. The van der Waals surface area contributed by atoms with Crippen molar-refractivity contribution in [1.82, 2.24) is 10.6 Å². The highest BCUT2D eigenvalue weighted by atomic mass is 16.1. The van der Waals surface area contributed by atoms with Crippen LogP contribution in [0.4, 0.5) is 0 Å². The van der Waals surface area contributed by atoms with Crippen molar-refractivity contribution in [3.8, 4) is 11.1 Å². The van der Waals surface area contributed by atoms with Gasteiger partial charge in [-0.2, -0.15) is 0 Å². The number of carbonyl (C=O) groups excluding carboxylic acids is 1. The van der Waals surface area contributed by atoms with E-state index in [2.05, 4.69) is 36.6 Å². The minimum Gasteiger partial charge on any atom is -0.348 e. The van der Waals surface area contributed by atoms with Crippen LogP contribution in [-0.2, 0) is 0 Å². The summed E-state index contributed by atoms with van der Waals surface area (Å²) in [5.74, 6) is 0.0167. The van der Waals surface area contributed by atoms with Gasteiger partial charge in [0.1, 0.15) is 0 Å². The number of nitrogens with one attached hydrogen (secondary N) is 2. The van der Waals surface area contributed by atoms with Gasteiger partial charge in [0.2, 0.25) is 0 Å². The number of amides is 1. The van der Waals surface area contributed by atoms with Crippen LogP contribution in [0.5, 0.6) is 0 Å². The van der Waals surface area contributed by atoms with E-state index in [0.29, 0.717) is 12.1 Å². The average molecular weight is 308 g/mol. The number of hydrogen-bond donors (Lipinski definition) is 2. The largest absolute Gasteiger partial charge is 0.348 e. The number of hydrogen-bond acceptors (Lipinski definition) is 2. The summed E-state index contributed by atoms with van der Waals surface area (Å²) in [4.78, 5) is 12.5. The first-order valence-corrected chi connectivity index (χ1v) is 8.36. The van der Waals surface area contributed by atoms with Crippen molar-refractivity contribution in [3.05, 3.63) is 60.2 Å². The second kappa shape index (κ2) is 6.97. The summed E-state index contributed by atoms with van der Waals surface area (Å²) in [6.45, 7) is 4.28. The van der Waals surface area contributed by atoms with Gasteiger partial charge in [-0.1, -0.05) is 56.3 Å². The molecule has 2 atom stereocenters. The average Bonchev–Trinajstić information content (AvgIpc) is 2.57. The smallest absolute Gasteiger partial charge is 0.251 e. The summed E-state index contributed by atoms with van der Waals surface area (Å²) in [5.41, 5.74) is 2.93. The molecule has 0 bridgehead atoms. The first kappa shape index (κ1) is 15.8. The molecular formula is C20H24N2O. The first-order valence-electron chi connectivity index (χ1n) is 8.36. The summed E-state index contributed by atoms with van der Waals surface area (Å²) in [6.07, 6.45) is 2.18. The summed E-state index contributed by atoms with van der Waals surface area (Å²) >= 11 is 0. The molecular weight excluding hydrogens is 284 g/mol. The second-order valence-corrected chi connectivity index (χ2v) is 6.53. The Morgan fingerprint density at radius 2 is 1.65 bits per heavy atom. The van der Waals surface area contributed by atoms with Crippen LogP contribution in [0, 0.1) is 0 Å². The molecule has 2 N–H and O–H groups in total. The molecule has 0 saturated heterocycles. The molecule has 23 heavy (non-hydrogen) atoms. The molecule has 2 unspecified atom stereocenters. The molecule has 120 valence electrons. The van der Waals surface area contributed by atoms with Crippen molar-refractivity contribution in [2.45, 2.75) is 44.8 Å². The maximum Gasteiger partial charge on any atom is 0.251 e. The Labute approximate surface area is 138 Å². The fourth-order valence-electron chi connectivity index (χ4n) is 3.02. The minimum absolute atomic E-state index is 0.0167. The lowest BCUT2D eigenvalue weighted by Gasteiger charge is -2.39. The van der Waals surface area contributed by atoms with E-state index in [9.17, 15) is 4.79 Å². The van der Waals surface area contributed by atoms with Crippen LogP contribution in [0.2, 0.25) is 0 Å². The van der Waals surface area contributed by atoms with Gasteiger partial charge < -0.3 is 10.6 Å². The predicted molar refractivity (Wildman–Crippen MR) is 94.4 cm³/mol. The third-order valence-corrected chi connectivity index (χ3v) is 4.37. The van der Waals surface area contributed by atoms with Gasteiger partial charge >= 0.3 is 0 Å². The van der Waals surface area contributed by atoms with Crippen LogP contribution in [0.3, 0.4) is 0 Å². The Bertz CT molecular complexity index is 666. The molecule has 2 aromatic rings.